The molecule has 6 heteroatoms. The fourth-order valence-electron chi connectivity index (χ4n) is 3.29. The number of likely N-dealkylation sites (N-methyl/N-ethyl adjacent to an activating group) is 1. The third-order valence-corrected chi connectivity index (χ3v) is 6.01. The first kappa shape index (κ1) is 20.3. The van der Waals surface area contributed by atoms with Crippen molar-refractivity contribution in [3.63, 3.8) is 0 Å². The number of halogens is 1. The molecule has 0 bridgehead atoms. The van der Waals surface area contributed by atoms with Crippen molar-refractivity contribution < 1.29 is 4.79 Å². The topological polar surface area (TPSA) is 44.7 Å². The number of aliphatic imine (C=N–C) groups is 1. The predicted molar refractivity (Wildman–Crippen MR) is 113 cm³/mol. The lowest BCUT2D eigenvalue weighted by Crippen LogP contribution is -2.40. The Morgan fingerprint density at radius 3 is 2.44 bits per heavy atom. The van der Waals surface area contributed by atoms with E-state index in [-0.39, 0.29) is 28.9 Å². The Morgan fingerprint density at radius 2 is 1.80 bits per heavy atom. The summed E-state index contributed by atoms with van der Waals surface area (Å²) < 4.78 is 0. The van der Waals surface area contributed by atoms with E-state index in [0.29, 0.717) is 6.04 Å². The van der Waals surface area contributed by atoms with Gasteiger partial charge in [0, 0.05) is 18.5 Å². The predicted octanol–water partition coefficient (Wildman–Crippen LogP) is 4.64. The minimum Gasteiger partial charge on any atom is -0.342 e. The van der Waals surface area contributed by atoms with Gasteiger partial charge in [0.1, 0.15) is 6.04 Å². The third kappa shape index (κ3) is 5.48. The summed E-state index contributed by atoms with van der Waals surface area (Å²) in [4.78, 5) is 19.6. The molecule has 138 valence electrons. The van der Waals surface area contributed by atoms with Crippen molar-refractivity contribution in [2.45, 2.75) is 57.5 Å². The lowest BCUT2D eigenvalue weighted by atomic mass is 10.1. The number of carbonyl (C=O) groups is 1. The van der Waals surface area contributed by atoms with Gasteiger partial charge in [0.15, 0.2) is 5.17 Å². The molecule has 2 fully saturated rings. The normalized spacial score (nSPS) is 23.2. The van der Waals surface area contributed by atoms with Crippen molar-refractivity contribution in [1.29, 1.82) is 0 Å². The summed E-state index contributed by atoms with van der Waals surface area (Å²) in [5.41, 5.74) is 2.05. The summed E-state index contributed by atoms with van der Waals surface area (Å²) in [6.07, 6.45) is 7.63. The fraction of sp³-hybridized carbons (Fsp3) is 0.579. The zero-order chi connectivity index (χ0) is 16.9. The summed E-state index contributed by atoms with van der Waals surface area (Å²) in [6, 6.07) is 8.24. The molecular weight excluding hydrogens is 398 g/mol. The molecule has 1 N–H and O–H groups in total. The number of nitrogens with one attached hydrogen (secondary N) is 1. The highest BCUT2D eigenvalue weighted by Gasteiger charge is 2.33. The Kier molecular flexibility index (Phi) is 7.81. The standard InChI is InChI=1S/C19H27N3OS.BrH/c1-14-9-11-16(12-10-14)20-18(23)17-13-24-19(22(17)2)21-15-7-5-3-4-6-8-15;/h9-12,15,17H,3-8,13H2,1-2H3,(H,20,23);1H. The second kappa shape index (κ2) is 9.62. The number of benzene rings is 1. The molecule has 0 aromatic heterocycles. The molecule has 3 rings (SSSR count). The molecule has 4 nitrogen and oxygen atoms in total. The van der Waals surface area contributed by atoms with Gasteiger partial charge in [-0.25, -0.2) is 0 Å². The summed E-state index contributed by atoms with van der Waals surface area (Å²) >= 11 is 1.72. The van der Waals surface area contributed by atoms with Gasteiger partial charge in [-0.05, 0) is 31.9 Å². The molecule has 1 unspecified atom stereocenters. The van der Waals surface area contributed by atoms with Crippen LogP contribution in [0, 0.1) is 6.92 Å². The van der Waals surface area contributed by atoms with Crippen molar-refractivity contribution in [3.05, 3.63) is 29.8 Å². The number of hydrogen-bond donors (Lipinski definition) is 1. The van der Waals surface area contributed by atoms with E-state index in [1.54, 1.807) is 11.8 Å². The maximum atomic E-state index is 12.6. The van der Waals surface area contributed by atoms with Gasteiger partial charge in [-0.2, -0.15) is 0 Å². The Balaban J connectivity index is 0.00000225. The Morgan fingerprint density at radius 1 is 1.16 bits per heavy atom. The van der Waals surface area contributed by atoms with Crippen molar-refractivity contribution in [3.8, 4) is 0 Å². The van der Waals surface area contributed by atoms with E-state index in [0.717, 1.165) is 16.6 Å². The Hall–Kier alpha value is -1.01. The highest BCUT2D eigenvalue weighted by Crippen LogP contribution is 2.27. The van der Waals surface area contributed by atoms with Crippen LogP contribution in [0.4, 0.5) is 5.69 Å². The minimum absolute atomic E-state index is 0. The quantitative estimate of drug-likeness (QED) is 0.717. The number of nitrogens with zero attached hydrogens (tertiary/aromatic N) is 2. The van der Waals surface area contributed by atoms with Crippen molar-refractivity contribution in [1.82, 2.24) is 4.90 Å². The number of thioether (sulfide) groups is 1. The number of amides is 1. The molecule has 1 aliphatic carbocycles. The number of amidine groups is 1. The number of aryl methyl sites for hydroxylation is 1. The van der Waals surface area contributed by atoms with E-state index >= 15 is 0 Å². The zero-order valence-electron chi connectivity index (χ0n) is 15.0. The molecule has 1 aromatic rings. The van der Waals surface area contributed by atoms with Gasteiger partial charge in [-0.1, -0.05) is 55.1 Å². The SMILES string of the molecule is Br.Cc1ccc(NC(=O)C2CSC(=NC3CCCCCC3)N2C)cc1. The van der Waals surface area contributed by atoms with E-state index in [1.165, 1.54) is 44.1 Å². The fourth-order valence-corrected chi connectivity index (χ4v) is 4.52. The first-order valence-electron chi connectivity index (χ1n) is 8.94. The Bertz CT molecular complexity index is 597. The molecule has 1 saturated heterocycles. The maximum Gasteiger partial charge on any atom is 0.248 e. The van der Waals surface area contributed by atoms with Gasteiger partial charge >= 0.3 is 0 Å². The monoisotopic (exact) mass is 425 g/mol. The van der Waals surface area contributed by atoms with E-state index in [1.807, 2.05) is 38.2 Å². The molecule has 2 aliphatic rings. The number of hydrogen-bond acceptors (Lipinski definition) is 3. The van der Waals surface area contributed by atoms with Crippen LogP contribution in [0.2, 0.25) is 0 Å². The van der Waals surface area contributed by atoms with Gasteiger partial charge in [0.2, 0.25) is 5.91 Å². The van der Waals surface area contributed by atoms with Crippen molar-refractivity contribution >= 4 is 45.5 Å². The molecule has 1 aliphatic heterocycles. The molecule has 1 saturated carbocycles. The maximum absolute atomic E-state index is 12.6. The molecule has 25 heavy (non-hydrogen) atoms. The molecule has 1 atom stereocenters. The van der Waals surface area contributed by atoms with Gasteiger partial charge in [-0.15, -0.1) is 17.0 Å². The molecule has 0 spiro atoms. The highest BCUT2D eigenvalue weighted by molar-refractivity contribution is 8.93. The van der Waals surface area contributed by atoms with Crippen LogP contribution in [0.5, 0.6) is 0 Å². The largest absolute Gasteiger partial charge is 0.342 e. The smallest absolute Gasteiger partial charge is 0.248 e. The van der Waals surface area contributed by atoms with E-state index < -0.39 is 0 Å². The van der Waals surface area contributed by atoms with Crippen LogP contribution < -0.4 is 5.32 Å². The van der Waals surface area contributed by atoms with Crippen molar-refractivity contribution in [2.75, 3.05) is 18.1 Å². The minimum atomic E-state index is -0.138. The summed E-state index contributed by atoms with van der Waals surface area (Å²) in [6.45, 7) is 2.04. The van der Waals surface area contributed by atoms with E-state index in [9.17, 15) is 4.79 Å². The van der Waals surface area contributed by atoms with Gasteiger partial charge in [0.25, 0.3) is 0 Å². The van der Waals surface area contributed by atoms with Crippen LogP contribution in [0.25, 0.3) is 0 Å². The van der Waals surface area contributed by atoms with Gasteiger partial charge < -0.3 is 10.2 Å². The number of anilines is 1. The average molecular weight is 426 g/mol. The van der Waals surface area contributed by atoms with Crippen LogP contribution in [-0.4, -0.2) is 40.9 Å². The molecular formula is C19H28BrN3OS. The number of rotatable bonds is 3. The summed E-state index contributed by atoms with van der Waals surface area (Å²) in [5, 5.41) is 4.06. The molecule has 1 aromatic carbocycles. The second-order valence-electron chi connectivity index (χ2n) is 6.85. The second-order valence-corrected chi connectivity index (χ2v) is 7.84. The average Bonchev–Trinajstić information content (AvgIpc) is 2.77. The number of carbonyl (C=O) groups excluding carboxylic acids is 1. The zero-order valence-corrected chi connectivity index (χ0v) is 17.6. The van der Waals surface area contributed by atoms with Crippen molar-refractivity contribution in [2.24, 2.45) is 4.99 Å². The third-order valence-electron chi connectivity index (χ3n) is 4.88. The summed E-state index contributed by atoms with van der Waals surface area (Å²) in [7, 11) is 1.99. The molecule has 1 heterocycles. The lowest BCUT2D eigenvalue weighted by molar-refractivity contribution is -0.118. The lowest BCUT2D eigenvalue weighted by Gasteiger charge is -2.21. The first-order chi connectivity index (χ1) is 11.6. The first-order valence-corrected chi connectivity index (χ1v) is 9.93. The van der Waals surface area contributed by atoms with E-state index in [2.05, 4.69) is 10.2 Å². The van der Waals surface area contributed by atoms with Crippen LogP contribution in [0.1, 0.15) is 44.1 Å². The van der Waals surface area contributed by atoms with Crippen LogP contribution >= 0.6 is 28.7 Å². The molecule has 0 radical (unpaired) electrons. The van der Waals surface area contributed by atoms with Crippen LogP contribution in [0.15, 0.2) is 29.3 Å². The molecule has 1 amide bonds. The van der Waals surface area contributed by atoms with Gasteiger partial charge in [-0.3, -0.25) is 9.79 Å². The summed E-state index contributed by atoms with van der Waals surface area (Å²) in [5.74, 6) is 0.833. The highest BCUT2D eigenvalue weighted by atomic mass is 79.9. The van der Waals surface area contributed by atoms with Crippen LogP contribution in [-0.2, 0) is 4.79 Å². The van der Waals surface area contributed by atoms with Crippen LogP contribution in [0.3, 0.4) is 0 Å². The van der Waals surface area contributed by atoms with E-state index in [4.69, 9.17) is 4.99 Å². The van der Waals surface area contributed by atoms with Gasteiger partial charge in [0.05, 0.1) is 6.04 Å². The Labute approximate surface area is 165 Å².